The molecule has 0 radical (unpaired) electrons. The normalized spacial score (nSPS) is 15.9. The van der Waals surface area contributed by atoms with Gasteiger partial charge in [-0.2, -0.15) is 0 Å². The maximum absolute atomic E-state index is 11.7. The van der Waals surface area contributed by atoms with E-state index in [1.165, 1.54) is 41.9 Å². The summed E-state index contributed by atoms with van der Waals surface area (Å²) in [7, 11) is 0. The molecular weight excluding hydrogens is 402 g/mol. The van der Waals surface area contributed by atoms with E-state index in [-0.39, 0.29) is 11.3 Å². The molecule has 1 saturated heterocycles. The van der Waals surface area contributed by atoms with Crippen LogP contribution in [0.1, 0.15) is 85.9 Å². The van der Waals surface area contributed by atoms with Crippen LogP contribution in [0, 0.1) is 5.92 Å². The fourth-order valence-electron chi connectivity index (χ4n) is 4.73. The Labute approximate surface area is 193 Å². The fraction of sp³-hybridized carbons (Fsp3) is 0.692. The van der Waals surface area contributed by atoms with Crippen LogP contribution >= 0.6 is 11.8 Å². The predicted octanol–water partition coefficient (Wildman–Crippen LogP) is 6.65. The molecule has 0 spiro atoms. The molecule has 5 heteroatoms. The Bertz CT molecular complexity index is 869. The summed E-state index contributed by atoms with van der Waals surface area (Å²) in [6.07, 6.45) is 7.18. The van der Waals surface area contributed by atoms with Crippen LogP contribution in [0.25, 0.3) is 11.0 Å². The number of nitrogens with zero attached hydrogens (tertiary/aromatic N) is 3. The second-order valence-corrected chi connectivity index (χ2v) is 11.6. The van der Waals surface area contributed by atoms with Gasteiger partial charge in [0, 0.05) is 42.1 Å². The summed E-state index contributed by atoms with van der Waals surface area (Å²) in [5.74, 6) is 1.98. The smallest absolute Gasteiger partial charge is 0.219 e. The van der Waals surface area contributed by atoms with E-state index in [1.807, 2.05) is 16.7 Å². The van der Waals surface area contributed by atoms with Gasteiger partial charge >= 0.3 is 0 Å². The summed E-state index contributed by atoms with van der Waals surface area (Å²) in [6, 6.07) is 6.90. The zero-order valence-corrected chi connectivity index (χ0v) is 21.2. The number of piperidine rings is 1. The Morgan fingerprint density at radius 1 is 1.16 bits per heavy atom. The van der Waals surface area contributed by atoms with Crippen molar-refractivity contribution in [1.29, 1.82) is 0 Å². The molecule has 0 saturated carbocycles. The van der Waals surface area contributed by atoms with Gasteiger partial charge in [0.1, 0.15) is 5.82 Å². The Balaban J connectivity index is 1.85. The molecule has 1 aromatic heterocycles. The number of fused-ring (bicyclic) bond motifs is 1. The van der Waals surface area contributed by atoms with Crippen LogP contribution in [-0.4, -0.2) is 38.7 Å². The maximum atomic E-state index is 11.7. The molecule has 1 aliphatic rings. The molecular formula is C26H41N3OS. The Morgan fingerprint density at radius 3 is 2.35 bits per heavy atom. The van der Waals surface area contributed by atoms with E-state index < -0.39 is 0 Å². The standard InChI is InChI=1S/C26H41N3OS/c1-7-9-21(10-8-2)31-22-11-12-24-23(17-22)27-25(26(4,5)6)29(24)18-20-13-15-28(16-14-20)19(3)30/h11-12,17,20-21H,7-10,13-16,18H2,1-6H3. The van der Waals surface area contributed by atoms with Gasteiger partial charge in [0.25, 0.3) is 0 Å². The highest BCUT2D eigenvalue weighted by Crippen LogP contribution is 2.34. The first-order chi connectivity index (χ1) is 14.7. The molecule has 2 heterocycles. The van der Waals surface area contributed by atoms with Crippen molar-refractivity contribution < 1.29 is 4.79 Å². The summed E-state index contributed by atoms with van der Waals surface area (Å²) in [5, 5.41) is 0.697. The van der Waals surface area contributed by atoms with Crippen LogP contribution in [0.3, 0.4) is 0 Å². The lowest BCUT2D eigenvalue weighted by molar-refractivity contribution is -0.130. The molecule has 0 bridgehead atoms. The van der Waals surface area contributed by atoms with Gasteiger partial charge in [0.2, 0.25) is 5.91 Å². The van der Waals surface area contributed by atoms with Crippen molar-refractivity contribution in [3.8, 4) is 0 Å². The molecule has 4 nitrogen and oxygen atoms in total. The molecule has 0 N–H and O–H groups in total. The van der Waals surface area contributed by atoms with Gasteiger partial charge in [0.15, 0.2) is 0 Å². The number of thioether (sulfide) groups is 1. The van der Waals surface area contributed by atoms with E-state index in [9.17, 15) is 4.79 Å². The van der Waals surface area contributed by atoms with Crippen molar-refractivity contribution in [1.82, 2.24) is 14.5 Å². The largest absolute Gasteiger partial charge is 0.343 e. The lowest BCUT2D eigenvalue weighted by Crippen LogP contribution is -2.38. The van der Waals surface area contributed by atoms with Crippen molar-refractivity contribution in [3.63, 3.8) is 0 Å². The third-order valence-electron chi connectivity index (χ3n) is 6.42. The molecule has 3 rings (SSSR count). The number of hydrogen-bond acceptors (Lipinski definition) is 3. The molecule has 1 aromatic carbocycles. The molecule has 0 unspecified atom stereocenters. The average Bonchev–Trinajstić information content (AvgIpc) is 3.07. The fourth-order valence-corrected chi connectivity index (χ4v) is 6.15. The van der Waals surface area contributed by atoms with Gasteiger partial charge < -0.3 is 9.47 Å². The third kappa shape index (κ3) is 6.06. The minimum absolute atomic E-state index is 0.000626. The minimum Gasteiger partial charge on any atom is -0.343 e. The zero-order valence-electron chi connectivity index (χ0n) is 20.4. The lowest BCUT2D eigenvalue weighted by atomic mass is 9.93. The monoisotopic (exact) mass is 443 g/mol. The summed E-state index contributed by atoms with van der Waals surface area (Å²) in [6.45, 7) is 15.8. The highest BCUT2D eigenvalue weighted by Gasteiger charge is 2.27. The van der Waals surface area contributed by atoms with Gasteiger partial charge in [-0.15, -0.1) is 11.8 Å². The predicted molar refractivity (Wildman–Crippen MR) is 133 cm³/mol. The van der Waals surface area contributed by atoms with Crippen molar-refractivity contribution in [2.75, 3.05) is 13.1 Å². The second-order valence-electron chi connectivity index (χ2n) is 10.2. The van der Waals surface area contributed by atoms with Crippen molar-refractivity contribution in [2.45, 2.75) is 102 Å². The van der Waals surface area contributed by atoms with E-state index >= 15 is 0 Å². The molecule has 172 valence electrons. The molecule has 1 fully saturated rings. The van der Waals surface area contributed by atoms with Gasteiger partial charge in [-0.3, -0.25) is 4.79 Å². The molecule has 0 aliphatic carbocycles. The molecule has 1 amide bonds. The zero-order chi connectivity index (χ0) is 22.6. The summed E-state index contributed by atoms with van der Waals surface area (Å²) >= 11 is 2.03. The second kappa shape index (κ2) is 10.4. The highest BCUT2D eigenvalue weighted by molar-refractivity contribution is 8.00. The number of rotatable bonds is 8. The first-order valence-electron chi connectivity index (χ1n) is 12.2. The number of carbonyl (C=O) groups excluding carboxylic acids is 1. The molecule has 0 atom stereocenters. The first-order valence-corrected chi connectivity index (χ1v) is 13.0. The average molecular weight is 444 g/mol. The van der Waals surface area contributed by atoms with E-state index in [1.54, 1.807) is 6.92 Å². The summed E-state index contributed by atoms with van der Waals surface area (Å²) < 4.78 is 2.47. The Hall–Kier alpha value is -1.49. The van der Waals surface area contributed by atoms with Gasteiger partial charge in [-0.25, -0.2) is 4.98 Å². The highest BCUT2D eigenvalue weighted by atomic mass is 32.2. The van der Waals surface area contributed by atoms with Crippen molar-refractivity contribution >= 4 is 28.7 Å². The van der Waals surface area contributed by atoms with Gasteiger partial charge in [0.05, 0.1) is 11.0 Å². The quantitative estimate of drug-likeness (QED) is 0.429. The van der Waals surface area contributed by atoms with E-state index in [0.717, 1.165) is 38.0 Å². The number of benzene rings is 1. The van der Waals surface area contributed by atoms with Crippen LogP contribution in [0.4, 0.5) is 0 Å². The number of imidazole rings is 1. The van der Waals surface area contributed by atoms with Crippen LogP contribution in [0.5, 0.6) is 0 Å². The summed E-state index contributed by atoms with van der Waals surface area (Å²) in [5.41, 5.74) is 2.38. The number of amides is 1. The van der Waals surface area contributed by atoms with Crippen LogP contribution in [0.15, 0.2) is 23.1 Å². The van der Waals surface area contributed by atoms with Crippen molar-refractivity contribution in [2.24, 2.45) is 5.92 Å². The molecule has 1 aliphatic heterocycles. The van der Waals surface area contributed by atoms with Gasteiger partial charge in [-0.1, -0.05) is 47.5 Å². The molecule has 31 heavy (non-hydrogen) atoms. The Morgan fingerprint density at radius 2 is 1.81 bits per heavy atom. The molecule has 2 aromatic rings. The number of carbonyl (C=O) groups is 1. The topological polar surface area (TPSA) is 38.1 Å². The minimum atomic E-state index is -0.000626. The van der Waals surface area contributed by atoms with E-state index in [2.05, 4.69) is 57.4 Å². The number of aromatic nitrogens is 2. The summed E-state index contributed by atoms with van der Waals surface area (Å²) in [4.78, 5) is 20.2. The third-order valence-corrected chi connectivity index (χ3v) is 7.75. The van der Waals surface area contributed by atoms with Crippen LogP contribution < -0.4 is 0 Å². The maximum Gasteiger partial charge on any atom is 0.219 e. The number of hydrogen-bond donors (Lipinski definition) is 0. The SMILES string of the molecule is CCCC(CCC)Sc1ccc2c(c1)nc(C(C)(C)C)n2CC1CCN(C(C)=O)CC1. The first kappa shape index (κ1) is 24.2. The lowest BCUT2D eigenvalue weighted by Gasteiger charge is -2.32. The number of likely N-dealkylation sites (tertiary alicyclic amines) is 1. The van der Waals surface area contributed by atoms with Gasteiger partial charge in [-0.05, 0) is 49.8 Å². The van der Waals surface area contributed by atoms with Crippen LogP contribution in [0.2, 0.25) is 0 Å². The van der Waals surface area contributed by atoms with E-state index in [0.29, 0.717) is 11.2 Å². The van der Waals surface area contributed by atoms with Crippen molar-refractivity contribution in [3.05, 3.63) is 24.0 Å². The Kier molecular flexibility index (Phi) is 8.12. The van der Waals surface area contributed by atoms with Crippen LogP contribution in [-0.2, 0) is 16.8 Å². The van der Waals surface area contributed by atoms with E-state index in [4.69, 9.17) is 4.98 Å².